The van der Waals surface area contributed by atoms with E-state index in [4.69, 9.17) is 5.73 Å². The molecule has 0 aromatic carbocycles. The lowest BCUT2D eigenvalue weighted by Crippen LogP contribution is -2.44. The lowest BCUT2D eigenvalue weighted by Gasteiger charge is -2.39. The third-order valence-electron chi connectivity index (χ3n) is 4.31. The monoisotopic (exact) mass is 240 g/mol. The van der Waals surface area contributed by atoms with E-state index in [9.17, 15) is 0 Å². The van der Waals surface area contributed by atoms with Gasteiger partial charge in [-0.3, -0.25) is 4.90 Å². The highest BCUT2D eigenvalue weighted by Crippen LogP contribution is 2.24. The topological polar surface area (TPSA) is 29.3 Å². The molecule has 102 valence electrons. The molecule has 1 rings (SSSR count). The van der Waals surface area contributed by atoms with Crippen LogP contribution in [0.15, 0.2) is 0 Å². The van der Waals surface area contributed by atoms with Crippen LogP contribution in [-0.4, -0.2) is 30.1 Å². The fourth-order valence-electron chi connectivity index (χ4n) is 3.25. The largest absolute Gasteiger partial charge is 0.330 e. The minimum Gasteiger partial charge on any atom is -0.330 e. The Hall–Kier alpha value is -0.0800. The predicted octanol–water partition coefficient (Wildman–Crippen LogP) is 3.26. The number of nitrogens with two attached hydrogens (primary N) is 1. The van der Waals surface area contributed by atoms with Gasteiger partial charge in [0.25, 0.3) is 0 Å². The SMILES string of the molecule is CC(C)CC(CN)CCN1C(C)CCCC1C. The Morgan fingerprint density at radius 1 is 1.18 bits per heavy atom. The van der Waals surface area contributed by atoms with E-state index in [1.165, 1.54) is 38.6 Å². The summed E-state index contributed by atoms with van der Waals surface area (Å²) in [6, 6.07) is 1.55. The number of nitrogens with zero attached hydrogens (tertiary/aromatic N) is 1. The van der Waals surface area contributed by atoms with Crippen LogP contribution in [0.25, 0.3) is 0 Å². The summed E-state index contributed by atoms with van der Waals surface area (Å²) < 4.78 is 0. The van der Waals surface area contributed by atoms with Gasteiger partial charge in [0.15, 0.2) is 0 Å². The van der Waals surface area contributed by atoms with Crippen LogP contribution in [0.2, 0.25) is 0 Å². The number of piperidine rings is 1. The molecule has 0 aromatic rings. The van der Waals surface area contributed by atoms with E-state index in [1.807, 2.05) is 0 Å². The second-order valence-corrected chi connectivity index (χ2v) is 6.39. The first-order valence-electron chi connectivity index (χ1n) is 7.50. The molecule has 0 saturated carbocycles. The molecule has 2 nitrogen and oxygen atoms in total. The Morgan fingerprint density at radius 3 is 2.24 bits per heavy atom. The van der Waals surface area contributed by atoms with Gasteiger partial charge < -0.3 is 5.73 Å². The maximum Gasteiger partial charge on any atom is 0.00697 e. The van der Waals surface area contributed by atoms with Crippen LogP contribution < -0.4 is 5.73 Å². The van der Waals surface area contributed by atoms with Gasteiger partial charge in [-0.1, -0.05) is 20.3 Å². The number of hydrogen-bond donors (Lipinski definition) is 1. The summed E-state index contributed by atoms with van der Waals surface area (Å²) in [7, 11) is 0. The van der Waals surface area contributed by atoms with Gasteiger partial charge in [-0.25, -0.2) is 0 Å². The zero-order valence-corrected chi connectivity index (χ0v) is 12.3. The number of rotatable bonds is 6. The fourth-order valence-corrected chi connectivity index (χ4v) is 3.25. The molecule has 1 aliphatic heterocycles. The summed E-state index contributed by atoms with van der Waals surface area (Å²) in [6.07, 6.45) is 6.73. The molecule has 2 N–H and O–H groups in total. The highest BCUT2D eigenvalue weighted by Gasteiger charge is 2.24. The molecule has 1 saturated heterocycles. The lowest BCUT2D eigenvalue weighted by molar-refractivity contribution is 0.0948. The van der Waals surface area contributed by atoms with Gasteiger partial charge in [0.1, 0.15) is 0 Å². The van der Waals surface area contributed by atoms with Gasteiger partial charge in [0, 0.05) is 12.1 Å². The van der Waals surface area contributed by atoms with Gasteiger partial charge in [-0.2, -0.15) is 0 Å². The Labute approximate surface area is 108 Å². The van der Waals surface area contributed by atoms with Crippen molar-refractivity contribution in [2.75, 3.05) is 13.1 Å². The average Bonchev–Trinajstić information content (AvgIpc) is 2.26. The zero-order chi connectivity index (χ0) is 12.8. The van der Waals surface area contributed by atoms with Crippen molar-refractivity contribution in [2.45, 2.75) is 71.9 Å². The van der Waals surface area contributed by atoms with E-state index in [-0.39, 0.29) is 0 Å². The molecule has 0 bridgehead atoms. The van der Waals surface area contributed by atoms with Crippen molar-refractivity contribution >= 4 is 0 Å². The normalized spacial score (nSPS) is 28.6. The van der Waals surface area contributed by atoms with Crippen LogP contribution in [0, 0.1) is 11.8 Å². The minimum absolute atomic E-state index is 0.719. The number of hydrogen-bond acceptors (Lipinski definition) is 2. The summed E-state index contributed by atoms with van der Waals surface area (Å²) in [4.78, 5) is 2.70. The van der Waals surface area contributed by atoms with Crippen LogP contribution in [0.3, 0.4) is 0 Å². The molecule has 2 heteroatoms. The van der Waals surface area contributed by atoms with Crippen molar-refractivity contribution < 1.29 is 0 Å². The van der Waals surface area contributed by atoms with E-state index in [2.05, 4.69) is 32.6 Å². The van der Waals surface area contributed by atoms with Crippen LogP contribution in [-0.2, 0) is 0 Å². The molecule has 17 heavy (non-hydrogen) atoms. The van der Waals surface area contributed by atoms with E-state index in [0.29, 0.717) is 0 Å². The van der Waals surface area contributed by atoms with E-state index in [1.54, 1.807) is 0 Å². The van der Waals surface area contributed by atoms with Gasteiger partial charge in [0.2, 0.25) is 0 Å². The second-order valence-electron chi connectivity index (χ2n) is 6.39. The van der Waals surface area contributed by atoms with Crippen LogP contribution in [0.1, 0.15) is 59.8 Å². The molecular formula is C15H32N2. The van der Waals surface area contributed by atoms with E-state index in [0.717, 1.165) is 30.5 Å². The Balaban J connectivity index is 2.36. The quantitative estimate of drug-likeness (QED) is 0.772. The lowest BCUT2D eigenvalue weighted by atomic mass is 9.92. The molecule has 1 heterocycles. The second kappa shape index (κ2) is 7.38. The minimum atomic E-state index is 0.719. The Morgan fingerprint density at radius 2 is 1.76 bits per heavy atom. The first-order chi connectivity index (χ1) is 8.04. The van der Waals surface area contributed by atoms with Crippen molar-refractivity contribution in [1.82, 2.24) is 4.90 Å². The highest BCUT2D eigenvalue weighted by molar-refractivity contribution is 4.80. The molecule has 1 aliphatic rings. The molecule has 0 amide bonds. The maximum atomic E-state index is 5.89. The highest BCUT2D eigenvalue weighted by atomic mass is 15.2. The number of likely N-dealkylation sites (tertiary alicyclic amines) is 1. The third-order valence-corrected chi connectivity index (χ3v) is 4.31. The molecular weight excluding hydrogens is 208 g/mol. The van der Waals surface area contributed by atoms with Gasteiger partial charge >= 0.3 is 0 Å². The molecule has 3 atom stereocenters. The van der Waals surface area contributed by atoms with Crippen LogP contribution >= 0.6 is 0 Å². The molecule has 0 radical (unpaired) electrons. The summed E-state index contributed by atoms with van der Waals surface area (Å²) >= 11 is 0. The van der Waals surface area contributed by atoms with Crippen molar-refractivity contribution in [1.29, 1.82) is 0 Å². The Kier molecular flexibility index (Phi) is 6.50. The fraction of sp³-hybridized carbons (Fsp3) is 1.00. The summed E-state index contributed by atoms with van der Waals surface area (Å²) in [5.74, 6) is 1.50. The molecule has 0 spiro atoms. The molecule has 0 aromatic heterocycles. The Bertz CT molecular complexity index is 193. The van der Waals surface area contributed by atoms with E-state index >= 15 is 0 Å². The third kappa shape index (κ3) is 4.97. The first-order valence-corrected chi connectivity index (χ1v) is 7.50. The van der Waals surface area contributed by atoms with Crippen LogP contribution in [0.5, 0.6) is 0 Å². The van der Waals surface area contributed by atoms with Gasteiger partial charge in [-0.05, 0) is 64.5 Å². The molecule has 1 fully saturated rings. The van der Waals surface area contributed by atoms with Crippen molar-refractivity contribution in [3.63, 3.8) is 0 Å². The average molecular weight is 240 g/mol. The molecule has 3 unspecified atom stereocenters. The molecule has 0 aliphatic carbocycles. The van der Waals surface area contributed by atoms with Crippen LogP contribution in [0.4, 0.5) is 0 Å². The maximum absolute atomic E-state index is 5.89. The summed E-state index contributed by atoms with van der Waals surface area (Å²) in [5, 5.41) is 0. The van der Waals surface area contributed by atoms with E-state index < -0.39 is 0 Å². The smallest absolute Gasteiger partial charge is 0.00697 e. The van der Waals surface area contributed by atoms with Gasteiger partial charge in [0.05, 0.1) is 0 Å². The predicted molar refractivity (Wildman–Crippen MR) is 76.1 cm³/mol. The summed E-state index contributed by atoms with van der Waals surface area (Å²) in [5.41, 5.74) is 5.89. The standard InChI is InChI=1S/C15H32N2/c1-12(2)10-15(11-16)8-9-17-13(3)6-5-7-14(17)4/h12-15H,5-11,16H2,1-4H3. The van der Waals surface area contributed by atoms with Gasteiger partial charge in [-0.15, -0.1) is 0 Å². The zero-order valence-electron chi connectivity index (χ0n) is 12.3. The first kappa shape index (κ1) is 15.0. The summed E-state index contributed by atoms with van der Waals surface area (Å²) in [6.45, 7) is 11.5. The van der Waals surface area contributed by atoms with Crippen molar-refractivity contribution in [3.8, 4) is 0 Å². The van der Waals surface area contributed by atoms with Crippen molar-refractivity contribution in [2.24, 2.45) is 17.6 Å². The van der Waals surface area contributed by atoms with Crippen molar-refractivity contribution in [3.05, 3.63) is 0 Å².